The molecule has 2 N–H and O–H groups in total. The van der Waals surface area contributed by atoms with Gasteiger partial charge in [0.05, 0.1) is 23.8 Å². The molecular formula is C27H29N7O2. The van der Waals surface area contributed by atoms with Gasteiger partial charge in [-0.15, -0.1) is 0 Å². The van der Waals surface area contributed by atoms with Crippen LogP contribution in [0.4, 0.5) is 22.0 Å². The normalized spacial score (nSPS) is 19.1. The highest BCUT2D eigenvalue weighted by Crippen LogP contribution is 2.34. The highest BCUT2D eigenvalue weighted by atomic mass is 16.5. The number of amides is 2. The quantitative estimate of drug-likeness (QED) is 0.411. The number of ether oxygens (including phenoxy) is 1. The minimum absolute atomic E-state index is 0.175. The zero-order valence-electron chi connectivity index (χ0n) is 20.4. The molecule has 2 aliphatic rings. The molecule has 2 saturated heterocycles. The first-order chi connectivity index (χ1) is 17.5. The number of hydrogen-bond donors (Lipinski definition) is 2. The molecule has 2 fully saturated rings. The fraction of sp³-hybridized carbons (Fsp3) is 0.333. The van der Waals surface area contributed by atoms with Crippen LogP contribution < -0.4 is 15.5 Å². The van der Waals surface area contributed by atoms with Gasteiger partial charge in [0.15, 0.2) is 11.5 Å². The minimum atomic E-state index is -0.295. The fourth-order valence-corrected chi connectivity index (χ4v) is 4.96. The number of anilines is 3. The van der Waals surface area contributed by atoms with Gasteiger partial charge < -0.3 is 20.3 Å². The van der Waals surface area contributed by atoms with E-state index in [-0.39, 0.29) is 24.3 Å². The van der Waals surface area contributed by atoms with E-state index in [0.29, 0.717) is 11.5 Å². The predicted molar refractivity (Wildman–Crippen MR) is 140 cm³/mol. The Labute approximate surface area is 209 Å². The lowest BCUT2D eigenvalue weighted by atomic mass is 10.2. The summed E-state index contributed by atoms with van der Waals surface area (Å²) in [4.78, 5) is 24.6. The number of benzene rings is 2. The zero-order valence-corrected chi connectivity index (χ0v) is 20.4. The van der Waals surface area contributed by atoms with Crippen molar-refractivity contribution in [2.75, 3.05) is 28.6 Å². The van der Waals surface area contributed by atoms with Crippen molar-refractivity contribution in [2.45, 2.75) is 44.9 Å². The Morgan fingerprint density at radius 3 is 2.28 bits per heavy atom. The highest BCUT2D eigenvalue weighted by Gasteiger charge is 2.35. The molecule has 36 heavy (non-hydrogen) atoms. The number of urea groups is 1. The van der Waals surface area contributed by atoms with Crippen molar-refractivity contribution in [3.8, 4) is 11.4 Å². The van der Waals surface area contributed by atoms with Crippen LogP contribution in [-0.2, 0) is 4.74 Å². The number of morpholine rings is 1. The molecule has 2 atom stereocenters. The van der Waals surface area contributed by atoms with Crippen LogP contribution in [0.3, 0.4) is 0 Å². The number of fused-ring (bicyclic) bond motifs is 3. The molecule has 0 aliphatic carbocycles. The summed E-state index contributed by atoms with van der Waals surface area (Å²) in [7, 11) is 0. The molecule has 0 spiro atoms. The second kappa shape index (κ2) is 9.23. The van der Waals surface area contributed by atoms with Gasteiger partial charge in [0.1, 0.15) is 5.82 Å². The SMILES string of the molecule is CC(C)n1ncc2c(N3CC4CCC(C3)O4)nc(-c3ccc(NC(=O)Nc4ccccc4)cc3)nc21. The van der Waals surface area contributed by atoms with E-state index in [9.17, 15) is 4.79 Å². The number of aromatic nitrogens is 4. The Bertz CT molecular complexity index is 1370. The van der Waals surface area contributed by atoms with Crippen molar-refractivity contribution in [1.29, 1.82) is 0 Å². The summed E-state index contributed by atoms with van der Waals surface area (Å²) in [5, 5.41) is 11.3. The maximum absolute atomic E-state index is 12.4. The predicted octanol–water partition coefficient (Wildman–Crippen LogP) is 5.09. The van der Waals surface area contributed by atoms with Crippen molar-refractivity contribution < 1.29 is 9.53 Å². The molecule has 6 rings (SSSR count). The van der Waals surface area contributed by atoms with Crippen molar-refractivity contribution in [3.05, 3.63) is 60.8 Å². The molecule has 4 aromatic rings. The lowest BCUT2D eigenvalue weighted by Gasteiger charge is -2.33. The Morgan fingerprint density at radius 1 is 0.944 bits per heavy atom. The van der Waals surface area contributed by atoms with Gasteiger partial charge >= 0.3 is 6.03 Å². The van der Waals surface area contributed by atoms with E-state index in [2.05, 4.69) is 34.5 Å². The lowest BCUT2D eigenvalue weighted by molar-refractivity contribution is 0.0303. The van der Waals surface area contributed by atoms with Crippen LogP contribution in [-0.4, -0.2) is 51.1 Å². The zero-order chi connectivity index (χ0) is 24.6. The Kier molecular flexibility index (Phi) is 5.77. The monoisotopic (exact) mass is 483 g/mol. The van der Waals surface area contributed by atoms with Crippen LogP contribution >= 0.6 is 0 Å². The summed E-state index contributed by atoms with van der Waals surface area (Å²) in [6.45, 7) is 5.86. The molecule has 2 amide bonds. The smallest absolute Gasteiger partial charge is 0.323 e. The van der Waals surface area contributed by atoms with E-state index in [1.165, 1.54) is 0 Å². The first kappa shape index (κ1) is 22.5. The van der Waals surface area contributed by atoms with Gasteiger partial charge in [-0.3, -0.25) is 0 Å². The highest BCUT2D eigenvalue weighted by molar-refractivity contribution is 5.99. The first-order valence-corrected chi connectivity index (χ1v) is 12.4. The largest absolute Gasteiger partial charge is 0.371 e. The molecule has 9 nitrogen and oxygen atoms in total. The maximum atomic E-state index is 12.4. The molecule has 2 aromatic carbocycles. The summed E-state index contributed by atoms with van der Waals surface area (Å²) in [6, 6.07) is 16.8. The van der Waals surface area contributed by atoms with E-state index in [1.54, 1.807) is 0 Å². The fourth-order valence-electron chi connectivity index (χ4n) is 4.96. The number of nitrogens with one attached hydrogen (secondary N) is 2. The molecule has 2 aromatic heterocycles. The standard InChI is InChI=1S/C27H29N7O2/c1-17(2)34-26-23(14-28-34)25(33-15-21-12-13-22(16-33)36-21)31-24(32-26)18-8-10-20(11-9-18)30-27(35)29-19-6-4-3-5-7-19/h3-11,14,17,21-22H,12-13,15-16H2,1-2H3,(H2,29,30,35). The second-order valence-electron chi connectivity index (χ2n) is 9.68. The lowest BCUT2D eigenvalue weighted by Crippen LogP contribution is -2.43. The van der Waals surface area contributed by atoms with E-state index in [4.69, 9.17) is 14.7 Å². The third kappa shape index (κ3) is 4.37. The summed E-state index contributed by atoms with van der Waals surface area (Å²) in [5.41, 5.74) is 3.12. The van der Waals surface area contributed by atoms with Gasteiger partial charge in [-0.1, -0.05) is 18.2 Å². The minimum Gasteiger partial charge on any atom is -0.371 e. The maximum Gasteiger partial charge on any atom is 0.323 e. The molecule has 0 saturated carbocycles. The molecule has 4 heterocycles. The number of carbonyl (C=O) groups excluding carboxylic acids is 1. The third-order valence-electron chi connectivity index (χ3n) is 6.70. The van der Waals surface area contributed by atoms with Crippen molar-refractivity contribution >= 4 is 34.3 Å². The number of para-hydroxylation sites is 1. The summed E-state index contributed by atoms with van der Waals surface area (Å²) >= 11 is 0. The van der Waals surface area contributed by atoms with Gasteiger partial charge in [-0.05, 0) is 63.1 Å². The summed E-state index contributed by atoms with van der Waals surface area (Å²) in [5.74, 6) is 1.55. The average molecular weight is 484 g/mol. The van der Waals surface area contributed by atoms with Gasteiger partial charge in [0, 0.05) is 36.1 Å². The van der Waals surface area contributed by atoms with Crippen LogP contribution in [0.5, 0.6) is 0 Å². The van der Waals surface area contributed by atoms with E-state index >= 15 is 0 Å². The Balaban J connectivity index is 1.29. The molecule has 184 valence electrons. The van der Waals surface area contributed by atoms with Crippen molar-refractivity contribution in [3.63, 3.8) is 0 Å². The van der Waals surface area contributed by atoms with E-state index < -0.39 is 0 Å². The van der Waals surface area contributed by atoms with E-state index in [1.807, 2.05) is 65.5 Å². The van der Waals surface area contributed by atoms with E-state index in [0.717, 1.165) is 54.0 Å². The number of carbonyl (C=O) groups is 1. The van der Waals surface area contributed by atoms with Crippen molar-refractivity contribution in [2.24, 2.45) is 0 Å². The van der Waals surface area contributed by atoms with Gasteiger partial charge in [0.2, 0.25) is 0 Å². The number of hydrogen-bond acceptors (Lipinski definition) is 6. The Morgan fingerprint density at radius 2 is 1.61 bits per heavy atom. The van der Waals surface area contributed by atoms with Crippen LogP contribution in [0.1, 0.15) is 32.7 Å². The van der Waals surface area contributed by atoms with Crippen LogP contribution in [0, 0.1) is 0 Å². The summed E-state index contributed by atoms with van der Waals surface area (Å²) in [6.07, 6.45) is 4.58. The molecule has 0 radical (unpaired) electrons. The van der Waals surface area contributed by atoms with Crippen LogP contribution in [0.2, 0.25) is 0 Å². The first-order valence-electron chi connectivity index (χ1n) is 12.4. The topological polar surface area (TPSA) is 97.2 Å². The van der Waals surface area contributed by atoms with Gasteiger partial charge in [-0.25, -0.2) is 19.4 Å². The Hall–Kier alpha value is -3.98. The summed E-state index contributed by atoms with van der Waals surface area (Å²) < 4.78 is 8.00. The molecule has 9 heteroatoms. The molecule has 2 unspecified atom stereocenters. The van der Waals surface area contributed by atoms with Crippen LogP contribution in [0.15, 0.2) is 60.8 Å². The molecule has 2 bridgehead atoms. The van der Waals surface area contributed by atoms with Gasteiger partial charge in [-0.2, -0.15) is 5.10 Å². The average Bonchev–Trinajstić information content (AvgIpc) is 3.46. The van der Waals surface area contributed by atoms with Gasteiger partial charge in [0.25, 0.3) is 0 Å². The second-order valence-corrected chi connectivity index (χ2v) is 9.68. The third-order valence-corrected chi connectivity index (χ3v) is 6.70. The van der Waals surface area contributed by atoms with Crippen molar-refractivity contribution in [1.82, 2.24) is 19.7 Å². The molecule has 2 aliphatic heterocycles. The van der Waals surface area contributed by atoms with Crippen LogP contribution in [0.25, 0.3) is 22.4 Å². The number of rotatable bonds is 5. The number of nitrogens with zero attached hydrogens (tertiary/aromatic N) is 5. The molecular weight excluding hydrogens is 454 g/mol.